The second-order valence-electron chi connectivity index (χ2n) is 7.00. The van der Waals surface area contributed by atoms with Gasteiger partial charge in [0.2, 0.25) is 0 Å². The van der Waals surface area contributed by atoms with Crippen molar-refractivity contribution in [1.82, 2.24) is 9.38 Å². The highest BCUT2D eigenvalue weighted by Crippen LogP contribution is 2.34. The van der Waals surface area contributed by atoms with Gasteiger partial charge in [-0.05, 0) is 23.8 Å². The number of hydrogen-bond donors (Lipinski definition) is 1. The van der Waals surface area contributed by atoms with Crippen molar-refractivity contribution in [2.45, 2.75) is 25.6 Å². The van der Waals surface area contributed by atoms with E-state index < -0.39 is 0 Å². The van der Waals surface area contributed by atoms with Crippen LogP contribution in [0.15, 0.2) is 36.7 Å². The Morgan fingerprint density at radius 1 is 1.31 bits per heavy atom. The lowest BCUT2D eigenvalue weighted by molar-refractivity contribution is -0.134. The molecule has 1 fully saturated rings. The quantitative estimate of drug-likeness (QED) is 0.622. The number of carbonyl (C=O) groups is 1. The number of piperidine rings is 1. The van der Waals surface area contributed by atoms with Gasteiger partial charge in [0.25, 0.3) is 6.47 Å². The third-order valence-electron chi connectivity index (χ3n) is 5.32. The number of rotatable bonds is 6. The largest absolute Gasteiger partial charge is 0.495 e. The van der Waals surface area contributed by atoms with Crippen LogP contribution in [-0.2, 0) is 16.1 Å². The van der Waals surface area contributed by atoms with E-state index in [-0.39, 0.29) is 12.7 Å². The molecule has 0 atom stereocenters. The minimum absolute atomic E-state index is 0.00207. The van der Waals surface area contributed by atoms with Crippen molar-refractivity contribution < 1.29 is 19.4 Å². The second-order valence-corrected chi connectivity index (χ2v) is 7.40. The number of halogens is 1. The normalized spacial score (nSPS) is 14.9. The fraction of sp³-hybridized carbons (Fsp3) is 0.333. The molecule has 4 rings (SSSR count). The molecule has 1 aliphatic heterocycles. The fourth-order valence-corrected chi connectivity index (χ4v) is 3.99. The summed E-state index contributed by atoms with van der Waals surface area (Å²) in [6.45, 7) is 2.04. The summed E-state index contributed by atoms with van der Waals surface area (Å²) in [6, 6.07) is 7.59. The summed E-state index contributed by atoms with van der Waals surface area (Å²) in [5.74, 6) is 0.521. The van der Waals surface area contributed by atoms with Crippen LogP contribution < -0.4 is 9.64 Å². The number of nitrogens with zero attached hydrogens (tertiary/aromatic N) is 3. The van der Waals surface area contributed by atoms with Crippen molar-refractivity contribution in [2.75, 3.05) is 25.1 Å². The van der Waals surface area contributed by atoms with Gasteiger partial charge in [-0.2, -0.15) is 0 Å². The van der Waals surface area contributed by atoms with E-state index in [1.807, 2.05) is 28.9 Å². The summed E-state index contributed by atoms with van der Waals surface area (Å²) in [5, 5.41) is 10.2. The average Bonchev–Trinajstić information content (AvgIpc) is 3.17. The van der Waals surface area contributed by atoms with Crippen LogP contribution in [0.5, 0.6) is 5.75 Å². The number of aromatic nitrogens is 2. The maximum Gasteiger partial charge on any atom is 0.293 e. The number of ether oxygens (including phenoxy) is 2. The first kappa shape index (κ1) is 19.5. The molecule has 3 aromatic rings. The zero-order chi connectivity index (χ0) is 20.4. The molecule has 3 heterocycles. The number of methoxy groups -OCH3 is 1. The van der Waals surface area contributed by atoms with Crippen LogP contribution in [0, 0.1) is 0 Å². The van der Waals surface area contributed by atoms with E-state index >= 15 is 0 Å². The Hall–Kier alpha value is -2.77. The summed E-state index contributed by atoms with van der Waals surface area (Å²) in [7, 11) is 1.54. The Morgan fingerprint density at radius 2 is 2.10 bits per heavy atom. The molecule has 2 aromatic heterocycles. The molecule has 1 saturated heterocycles. The summed E-state index contributed by atoms with van der Waals surface area (Å²) in [5.41, 5.74) is 4.09. The predicted molar refractivity (Wildman–Crippen MR) is 110 cm³/mol. The minimum Gasteiger partial charge on any atom is -0.495 e. The molecule has 7 nitrogen and oxygen atoms in total. The molecule has 0 unspecified atom stereocenters. The van der Waals surface area contributed by atoms with Crippen LogP contribution in [-0.4, -0.2) is 47.3 Å². The van der Waals surface area contributed by atoms with E-state index in [0.29, 0.717) is 22.8 Å². The van der Waals surface area contributed by atoms with E-state index in [4.69, 9.17) is 26.1 Å². The van der Waals surface area contributed by atoms with E-state index in [2.05, 4.69) is 4.90 Å². The highest BCUT2D eigenvalue weighted by atomic mass is 35.5. The van der Waals surface area contributed by atoms with Crippen molar-refractivity contribution in [3.05, 3.63) is 47.2 Å². The van der Waals surface area contributed by atoms with Crippen LogP contribution in [0.2, 0.25) is 5.02 Å². The number of hydrogen-bond acceptors (Lipinski definition) is 6. The van der Waals surface area contributed by atoms with Crippen molar-refractivity contribution in [3.8, 4) is 17.0 Å². The van der Waals surface area contributed by atoms with Crippen LogP contribution >= 0.6 is 11.6 Å². The molecule has 29 heavy (non-hydrogen) atoms. The lowest BCUT2D eigenvalue weighted by Gasteiger charge is -2.32. The molecule has 1 N–H and O–H groups in total. The van der Waals surface area contributed by atoms with Gasteiger partial charge in [-0.15, -0.1) is 0 Å². The molecule has 1 aliphatic rings. The van der Waals surface area contributed by atoms with Crippen LogP contribution in [0.3, 0.4) is 0 Å². The SMILES string of the molecule is COc1cc(CO)c(-c2cn3ccc(N4CCC(OC=O)CC4)cc3n2)cc1Cl. The van der Waals surface area contributed by atoms with Gasteiger partial charge in [0, 0.05) is 55.6 Å². The Kier molecular flexibility index (Phi) is 5.60. The van der Waals surface area contributed by atoms with Gasteiger partial charge in [0.15, 0.2) is 0 Å². The number of aliphatic hydroxyl groups is 1. The summed E-state index contributed by atoms with van der Waals surface area (Å²) in [4.78, 5) is 17.5. The Morgan fingerprint density at radius 3 is 2.79 bits per heavy atom. The van der Waals surface area contributed by atoms with Gasteiger partial charge in [-0.25, -0.2) is 4.98 Å². The minimum atomic E-state index is -0.139. The maximum atomic E-state index is 10.5. The summed E-state index contributed by atoms with van der Waals surface area (Å²) >= 11 is 6.29. The molecule has 0 aliphatic carbocycles. The molecule has 0 spiro atoms. The molecule has 0 amide bonds. The summed E-state index contributed by atoms with van der Waals surface area (Å²) in [6.07, 6.45) is 5.52. The first-order chi connectivity index (χ1) is 14.1. The smallest absolute Gasteiger partial charge is 0.293 e. The first-order valence-corrected chi connectivity index (χ1v) is 9.81. The number of fused-ring (bicyclic) bond motifs is 1. The molecule has 0 bridgehead atoms. The van der Waals surface area contributed by atoms with Gasteiger partial charge >= 0.3 is 0 Å². The number of pyridine rings is 1. The number of carbonyl (C=O) groups excluding carboxylic acids is 1. The molecule has 8 heteroatoms. The van der Waals surface area contributed by atoms with Crippen LogP contribution in [0.25, 0.3) is 16.9 Å². The third kappa shape index (κ3) is 3.88. The third-order valence-corrected chi connectivity index (χ3v) is 5.62. The fourth-order valence-electron chi connectivity index (χ4n) is 3.75. The predicted octanol–water partition coefficient (Wildman–Crippen LogP) is 3.30. The zero-order valence-electron chi connectivity index (χ0n) is 16.0. The molecular formula is C21H22ClN3O4. The van der Waals surface area contributed by atoms with Crippen molar-refractivity contribution >= 4 is 29.4 Å². The van der Waals surface area contributed by atoms with Gasteiger partial charge in [-0.1, -0.05) is 11.6 Å². The van der Waals surface area contributed by atoms with Crippen molar-refractivity contribution in [1.29, 1.82) is 0 Å². The highest BCUT2D eigenvalue weighted by molar-refractivity contribution is 6.32. The van der Waals surface area contributed by atoms with E-state index in [1.54, 1.807) is 19.2 Å². The monoisotopic (exact) mass is 415 g/mol. The van der Waals surface area contributed by atoms with Gasteiger partial charge in [-0.3, -0.25) is 4.79 Å². The maximum absolute atomic E-state index is 10.5. The Balaban J connectivity index is 1.63. The molecular weight excluding hydrogens is 394 g/mol. The van der Waals surface area contributed by atoms with Crippen LogP contribution in [0.4, 0.5) is 5.69 Å². The lowest BCUT2D eigenvalue weighted by atomic mass is 10.1. The molecule has 0 radical (unpaired) electrons. The number of anilines is 1. The average molecular weight is 416 g/mol. The Bertz CT molecular complexity index is 1030. The first-order valence-electron chi connectivity index (χ1n) is 9.43. The summed E-state index contributed by atoms with van der Waals surface area (Å²) < 4.78 is 12.3. The topological polar surface area (TPSA) is 76.3 Å². The number of imidazole rings is 1. The van der Waals surface area contributed by atoms with Crippen LogP contribution in [0.1, 0.15) is 18.4 Å². The van der Waals surface area contributed by atoms with Gasteiger partial charge < -0.3 is 23.9 Å². The molecule has 1 aromatic carbocycles. The molecule has 152 valence electrons. The standard InChI is InChI=1S/C21H22ClN3O4/c1-28-20-8-14(12-26)17(10-18(20)22)19-11-25-5-2-15(9-21(25)23-19)24-6-3-16(4-7-24)29-13-27/h2,5,8-11,13,16,26H,3-4,6-7,12H2,1H3. The van der Waals surface area contributed by atoms with E-state index in [1.165, 1.54) is 0 Å². The van der Waals surface area contributed by atoms with Gasteiger partial charge in [0.05, 0.1) is 24.4 Å². The van der Waals surface area contributed by atoms with Gasteiger partial charge in [0.1, 0.15) is 17.5 Å². The number of benzene rings is 1. The van der Waals surface area contributed by atoms with Crippen molar-refractivity contribution in [3.63, 3.8) is 0 Å². The Labute approximate surface area is 173 Å². The van der Waals surface area contributed by atoms with E-state index in [9.17, 15) is 9.90 Å². The zero-order valence-corrected chi connectivity index (χ0v) is 16.8. The lowest BCUT2D eigenvalue weighted by Crippen LogP contribution is -2.36. The molecule has 0 saturated carbocycles. The van der Waals surface area contributed by atoms with E-state index in [0.717, 1.165) is 48.5 Å². The number of aliphatic hydroxyl groups excluding tert-OH is 1. The second kappa shape index (κ2) is 8.31. The highest BCUT2D eigenvalue weighted by Gasteiger charge is 2.21. The van der Waals surface area contributed by atoms with Crippen molar-refractivity contribution in [2.24, 2.45) is 0 Å².